The highest BCUT2D eigenvalue weighted by molar-refractivity contribution is 6.33. The second kappa shape index (κ2) is 7.13. The van der Waals surface area contributed by atoms with Crippen LogP contribution in [-0.4, -0.2) is 18.0 Å². The second-order valence-corrected chi connectivity index (χ2v) is 6.24. The van der Waals surface area contributed by atoms with E-state index in [0.717, 1.165) is 5.52 Å². The number of hydrogen-bond donors (Lipinski definition) is 1. The molecule has 5 nitrogen and oxygen atoms in total. The highest BCUT2D eigenvalue weighted by atomic mass is 35.5. The molecular weight excluding hydrogens is 364 g/mol. The fourth-order valence-electron chi connectivity index (χ4n) is 2.78. The lowest BCUT2D eigenvalue weighted by Gasteiger charge is -2.10. The van der Waals surface area contributed by atoms with Crippen molar-refractivity contribution in [2.75, 3.05) is 12.4 Å². The molecule has 0 aliphatic heterocycles. The molecule has 134 valence electrons. The van der Waals surface area contributed by atoms with E-state index in [1.807, 2.05) is 30.3 Å². The summed E-state index contributed by atoms with van der Waals surface area (Å²) in [6, 6.07) is 19.7. The van der Waals surface area contributed by atoms with Gasteiger partial charge in [0, 0.05) is 5.69 Å². The van der Waals surface area contributed by atoms with Gasteiger partial charge in [-0.25, -0.2) is 4.98 Å². The van der Waals surface area contributed by atoms with Crippen LogP contribution in [0.15, 0.2) is 71.1 Å². The molecule has 6 heteroatoms. The van der Waals surface area contributed by atoms with Crippen LogP contribution in [-0.2, 0) is 0 Å². The number of carbonyl (C=O) groups is 1. The van der Waals surface area contributed by atoms with Crippen molar-refractivity contribution in [1.29, 1.82) is 0 Å². The zero-order valence-electron chi connectivity index (χ0n) is 14.4. The SMILES string of the molecule is COc1ccccc1C(=O)Nc1ccc(Cl)c(-c2nc3ccccc3o2)c1. The Hall–Kier alpha value is -3.31. The van der Waals surface area contributed by atoms with E-state index >= 15 is 0 Å². The van der Waals surface area contributed by atoms with E-state index in [-0.39, 0.29) is 5.91 Å². The lowest BCUT2D eigenvalue weighted by Crippen LogP contribution is -2.13. The molecule has 4 aromatic rings. The Balaban J connectivity index is 1.67. The van der Waals surface area contributed by atoms with Gasteiger partial charge < -0.3 is 14.5 Å². The number of amides is 1. The summed E-state index contributed by atoms with van der Waals surface area (Å²) >= 11 is 6.33. The molecule has 0 bridgehead atoms. The van der Waals surface area contributed by atoms with Gasteiger partial charge in [-0.1, -0.05) is 35.9 Å². The maximum atomic E-state index is 12.6. The number of nitrogens with one attached hydrogen (secondary N) is 1. The monoisotopic (exact) mass is 378 g/mol. The summed E-state index contributed by atoms with van der Waals surface area (Å²) in [4.78, 5) is 17.1. The third-order valence-corrected chi connectivity index (χ3v) is 4.43. The van der Waals surface area contributed by atoms with Gasteiger partial charge in [0.15, 0.2) is 5.58 Å². The fourth-order valence-corrected chi connectivity index (χ4v) is 2.98. The number of halogens is 1. The van der Waals surface area contributed by atoms with Gasteiger partial charge in [-0.2, -0.15) is 0 Å². The first-order valence-corrected chi connectivity index (χ1v) is 8.63. The minimum atomic E-state index is -0.279. The first kappa shape index (κ1) is 17.1. The maximum absolute atomic E-state index is 12.6. The lowest BCUT2D eigenvalue weighted by atomic mass is 10.1. The average molecular weight is 379 g/mol. The van der Waals surface area contributed by atoms with Crippen LogP contribution >= 0.6 is 11.6 Å². The number of anilines is 1. The molecule has 1 aromatic heterocycles. The van der Waals surface area contributed by atoms with Crippen molar-refractivity contribution < 1.29 is 13.9 Å². The second-order valence-electron chi connectivity index (χ2n) is 5.84. The molecule has 1 N–H and O–H groups in total. The first-order chi connectivity index (χ1) is 13.2. The Labute approximate surface area is 160 Å². The van der Waals surface area contributed by atoms with E-state index in [1.54, 1.807) is 36.4 Å². The molecule has 0 saturated carbocycles. The van der Waals surface area contributed by atoms with E-state index in [0.29, 0.717) is 39.1 Å². The average Bonchev–Trinajstić information content (AvgIpc) is 3.13. The van der Waals surface area contributed by atoms with Crippen LogP contribution in [0.3, 0.4) is 0 Å². The number of carbonyl (C=O) groups excluding carboxylic acids is 1. The van der Waals surface area contributed by atoms with Gasteiger partial charge in [0.1, 0.15) is 11.3 Å². The fraction of sp³-hybridized carbons (Fsp3) is 0.0476. The van der Waals surface area contributed by atoms with Crippen molar-refractivity contribution in [1.82, 2.24) is 4.98 Å². The summed E-state index contributed by atoms with van der Waals surface area (Å²) < 4.78 is 11.0. The van der Waals surface area contributed by atoms with Crippen LogP contribution in [0, 0.1) is 0 Å². The molecule has 1 heterocycles. The Kier molecular flexibility index (Phi) is 4.52. The van der Waals surface area contributed by atoms with Gasteiger partial charge in [-0.3, -0.25) is 4.79 Å². The van der Waals surface area contributed by atoms with Gasteiger partial charge in [0.05, 0.1) is 23.3 Å². The molecule has 0 unspecified atom stereocenters. The Morgan fingerprint density at radius 3 is 2.67 bits per heavy atom. The number of para-hydroxylation sites is 3. The maximum Gasteiger partial charge on any atom is 0.259 e. The third kappa shape index (κ3) is 3.37. The van der Waals surface area contributed by atoms with Gasteiger partial charge >= 0.3 is 0 Å². The number of aromatic nitrogens is 1. The van der Waals surface area contributed by atoms with Crippen molar-refractivity contribution >= 4 is 34.3 Å². The summed E-state index contributed by atoms with van der Waals surface area (Å²) in [5, 5.41) is 3.34. The first-order valence-electron chi connectivity index (χ1n) is 8.25. The summed E-state index contributed by atoms with van der Waals surface area (Å²) in [6.45, 7) is 0. The molecule has 27 heavy (non-hydrogen) atoms. The molecule has 0 radical (unpaired) electrons. The summed E-state index contributed by atoms with van der Waals surface area (Å²) in [7, 11) is 1.53. The normalized spacial score (nSPS) is 10.7. The molecule has 3 aromatic carbocycles. The van der Waals surface area contributed by atoms with Crippen molar-refractivity contribution in [2.24, 2.45) is 0 Å². The summed E-state index contributed by atoms with van der Waals surface area (Å²) in [5.41, 5.74) is 3.04. The van der Waals surface area contributed by atoms with Crippen molar-refractivity contribution in [3.63, 3.8) is 0 Å². The molecular formula is C21H15ClN2O3. The molecule has 1 amide bonds. The number of benzene rings is 3. The molecule has 0 fully saturated rings. The van der Waals surface area contributed by atoms with Gasteiger partial charge in [0.25, 0.3) is 5.91 Å². The minimum Gasteiger partial charge on any atom is -0.496 e. The number of ether oxygens (including phenoxy) is 1. The van der Waals surface area contributed by atoms with Crippen molar-refractivity contribution in [3.8, 4) is 17.2 Å². The largest absolute Gasteiger partial charge is 0.496 e. The molecule has 0 aliphatic carbocycles. The van der Waals surface area contributed by atoms with Gasteiger partial charge in [-0.15, -0.1) is 0 Å². The number of fused-ring (bicyclic) bond motifs is 1. The number of methoxy groups -OCH3 is 1. The molecule has 0 aliphatic rings. The van der Waals surface area contributed by atoms with E-state index < -0.39 is 0 Å². The number of hydrogen-bond acceptors (Lipinski definition) is 4. The topological polar surface area (TPSA) is 64.4 Å². The van der Waals surface area contributed by atoms with Crippen LogP contribution in [0.1, 0.15) is 10.4 Å². The predicted molar refractivity (Wildman–Crippen MR) is 105 cm³/mol. The van der Waals surface area contributed by atoms with Crippen LogP contribution in [0.4, 0.5) is 5.69 Å². The highest BCUT2D eigenvalue weighted by Crippen LogP contribution is 2.32. The molecule has 0 saturated heterocycles. The van der Waals surface area contributed by atoms with Gasteiger partial charge in [0.2, 0.25) is 5.89 Å². The molecule has 0 spiro atoms. The number of oxazole rings is 1. The number of nitrogens with zero attached hydrogens (tertiary/aromatic N) is 1. The zero-order chi connectivity index (χ0) is 18.8. The van der Waals surface area contributed by atoms with E-state index in [9.17, 15) is 4.79 Å². The smallest absolute Gasteiger partial charge is 0.259 e. The minimum absolute atomic E-state index is 0.279. The highest BCUT2D eigenvalue weighted by Gasteiger charge is 2.15. The molecule has 0 atom stereocenters. The summed E-state index contributed by atoms with van der Waals surface area (Å²) in [6.07, 6.45) is 0. The lowest BCUT2D eigenvalue weighted by molar-refractivity contribution is 0.102. The Morgan fingerprint density at radius 1 is 1.07 bits per heavy atom. The quantitative estimate of drug-likeness (QED) is 0.515. The Morgan fingerprint density at radius 2 is 1.85 bits per heavy atom. The van der Waals surface area contributed by atoms with Crippen molar-refractivity contribution in [3.05, 3.63) is 77.3 Å². The number of rotatable bonds is 4. The van der Waals surface area contributed by atoms with E-state index in [4.69, 9.17) is 20.8 Å². The standard InChI is InChI=1S/C21H15ClN2O3/c1-26-18-8-4-2-6-14(18)20(25)23-13-10-11-16(22)15(12-13)21-24-17-7-3-5-9-19(17)27-21/h2-12H,1H3,(H,23,25). The molecule has 4 rings (SSSR count). The van der Waals surface area contributed by atoms with Crippen molar-refractivity contribution in [2.45, 2.75) is 0 Å². The van der Waals surface area contributed by atoms with Crippen LogP contribution < -0.4 is 10.1 Å². The van der Waals surface area contributed by atoms with E-state index in [2.05, 4.69) is 10.3 Å². The van der Waals surface area contributed by atoms with Crippen LogP contribution in [0.2, 0.25) is 5.02 Å². The van der Waals surface area contributed by atoms with Gasteiger partial charge in [-0.05, 0) is 42.5 Å². The summed E-state index contributed by atoms with van der Waals surface area (Å²) in [5.74, 6) is 0.621. The Bertz CT molecular complexity index is 1100. The zero-order valence-corrected chi connectivity index (χ0v) is 15.2. The van der Waals surface area contributed by atoms with Crippen LogP contribution in [0.25, 0.3) is 22.6 Å². The van der Waals surface area contributed by atoms with E-state index in [1.165, 1.54) is 7.11 Å². The predicted octanol–water partition coefficient (Wildman–Crippen LogP) is 5.41. The third-order valence-electron chi connectivity index (χ3n) is 4.10. The van der Waals surface area contributed by atoms with Crippen LogP contribution in [0.5, 0.6) is 5.75 Å².